The Balaban J connectivity index is 2.41. The van der Waals surface area contributed by atoms with Gasteiger partial charge in [0.15, 0.2) is 0 Å². The number of allylic oxidation sites excluding steroid dienone is 1. The number of hydrogen-bond donors (Lipinski definition) is 0. The van der Waals surface area contributed by atoms with Gasteiger partial charge in [0.2, 0.25) is 0 Å². The summed E-state index contributed by atoms with van der Waals surface area (Å²) in [4.78, 5) is 0. The minimum absolute atomic E-state index is 0.161. The third-order valence-corrected chi connectivity index (χ3v) is 1.58. The molecule has 1 saturated heterocycles. The van der Waals surface area contributed by atoms with Crippen LogP contribution in [0, 0.1) is 0 Å². The normalized spacial score (nSPS) is 36.2. The molecule has 0 bridgehead atoms. The molecule has 0 saturated carbocycles. The molecule has 1 unspecified atom stereocenters. The van der Waals surface area contributed by atoms with Gasteiger partial charge in [-0.25, -0.2) is 0 Å². The quantitative estimate of drug-likeness (QED) is 0.391. The van der Waals surface area contributed by atoms with Crippen molar-refractivity contribution in [3.8, 4) is 0 Å². The fourth-order valence-corrected chi connectivity index (χ4v) is 0.815. The molecule has 1 atom stereocenters. The summed E-state index contributed by atoms with van der Waals surface area (Å²) >= 11 is 0. The Morgan fingerprint density at radius 1 is 1.75 bits per heavy atom. The largest absolute Gasteiger partial charge is 0.365 e. The molecule has 0 spiro atoms. The fraction of sp³-hybridized carbons (Fsp3) is 0.714. The zero-order chi connectivity index (χ0) is 6.04. The summed E-state index contributed by atoms with van der Waals surface area (Å²) < 4.78 is 5.20. The van der Waals surface area contributed by atoms with Crippen molar-refractivity contribution >= 4 is 0 Å². The first kappa shape index (κ1) is 5.83. The second kappa shape index (κ2) is 1.90. The third-order valence-electron chi connectivity index (χ3n) is 1.58. The predicted octanol–water partition coefficient (Wildman–Crippen LogP) is 1.74. The Morgan fingerprint density at radius 3 is 2.50 bits per heavy atom. The summed E-state index contributed by atoms with van der Waals surface area (Å²) in [5.74, 6) is 0. The summed E-state index contributed by atoms with van der Waals surface area (Å²) in [5, 5.41) is 0. The van der Waals surface area contributed by atoms with Gasteiger partial charge in [0.05, 0.1) is 6.61 Å². The highest BCUT2D eigenvalue weighted by Gasteiger charge is 2.39. The van der Waals surface area contributed by atoms with Crippen molar-refractivity contribution in [3.05, 3.63) is 12.2 Å². The lowest BCUT2D eigenvalue weighted by Crippen LogP contribution is -2.02. The van der Waals surface area contributed by atoms with Gasteiger partial charge in [0.1, 0.15) is 5.60 Å². The first-order chi connectivity index (χ1) is 3.83. The van der Waals surface area contributed by atoms with Crippen LogP contribution in [0.2, 0.25) is 0 Å². The van der Waals surface area contributed by atoms with E-state index in [0.717, 1.165) is 13.0 Å². The standard InChI is InChI=1S/C7H12O/c1-3-5-7(4-2)6-8-7/h3,5H,4,6H2,1-2H3/b5-3+. The monoisotopic (exact) mass is 112 g/mol. The van der Waals surface area contributed by atoms with Gasteiger partial charge in [-0.2, -0.15) is 0 Å². The minimum atomic E-state index is 0.161. The van der Waals surface area contributed by atoms with Crippen molar-refractivity contribution in [3.63, 3.8) is 0 Å². The lowest BCUT2D eigenvalue weighted by molar-refractivity contribution is 0.344. The van der Waals surface area contributed by atoms with Gasteiger partial charge in [-0.15, -0.1) is 0 Å². The average Bonchev–Trinajstić information content (AvgIpc) is 2.50. The Bertz CT molecular complexity index is 101. The maximum Gasteiger partial charge on any atom is 0.109 e. The maximum atomic E-state index is 5.20. The molecule has 0 N–H and O–H groups in total. The van der Waals surface area contributed by atoms with Crippen LogP contribution >= 0.6 is 0 Å². The van der Waals surface area contributed by atoms with Gasteiger partial charge in [0.25, 0.3) is 0 Å². The van der Waals surface area contributed by atoms with E-state index in [2.05, 4.69) is 19.1 Å². The molecule has 0 radical (unpaired) electrons. The van der Waals surface area contributed by atoms with Gasteiger partial charge in [-0.3, -0.25) is 0 Å². The molecule has 1 aliphatic heterocycles. The summed E-state index contributed by atoms with van der Waals surface area (Å²) in [6, 6.07) is 0. The van der Waals surface area contributed by atoms with Gasteiger partial charge in [0, 0.05) is 0 Å². The highest BCUT2D eigenvalue weighted by Crippen LogP contribution is 2.31. The maximum absolute atomic E-state index is 5.20. The average molecular weight is 112 g/mol. The van der Waals surface area contributed by atoms with Crippen LogP contribution < -0.4 is 0 Å². The van der Waals surface area contributed by atoms with E-state index in [4.69, 9.17) is 4.74 Å². The van der Waals surface area contributed by atoms with E-state index in [-0.39, 0.29) is 5.60 Å². The molecular formula is C7H12O. The van der Waals surface area contributed by atoms with Gasteiger partial charge >= 0.3 is 0 Å². The van der Waals surface area contributed by atoms with Gasteiger partial charge in [-0.05, 0) is 13.3 Å². The first-order valence-corrected chi connectivity index (χ1v) is 3.11. The van der Waals surface area contributed by atoms with E-state index in [1.165, 1.54) is 0 Å². The molecule has 0 amide bonds. The van der Waals surface area contributed by atoms with Crippen LogP contribution in [0.1, 0.15) is 20.3 Å². The van der Waals surface area contributed by atoms with E-state index in [0.29, 0.717) is 0 Å². The summed E-state index contributed by atoms with van der Waals surface area (Å²) in [7, 11) is 0. The molecule has 1 heteroatoms. The summed E-state index contributed by atoms with van der Waals surface area (Å²) in [6.45, 7) is 5.10. The molecule has 0 aromatic carbocycles. The van der Waals surface area contributed by atoms with Crippen molar-refractivity contribution in [1.29, 1.82) is 0 Å². The van der Waals surface area contributed by atoms with Crippen LogP contribution in [0.15, 0.2) is 12.2 Å². The molecule has 1 rings (SSSR count). The highest BCUT2D eigenvalue weighted by molar-refractivity contribution is 5.08. The van der Waals surface area contributed by atoms with E-state index >= 15 is 0 Å². The van der Waals surface area contributed by atoms with E-state index in [1.54, 1.807) is 0 Å². The number of rotatable bonds is 2. The first-order valence-electron chi connectivity index (χ1n) is 3.11. The van der Waals surface area contributed by atoms with Crippen LogP contribution in [0.3, 0.4) is 0 Å². The van der Waals surface area contributed by atoms with Crippen molar-refractivity contribution < 1.29 is 4.74 Å². The van der Waals surface area contributed by atoms with Gasteiger partial charge in [-0.1, -0.05) is 19.1 Å². The molecule has 1 aliphatic rings. The smallest absolute Gasteiger partial charge is 0.109 e. The van der Waals surface area contributed by atoms with E-state index in [1.807, 2.05) is 6.92 Å². The predicted molar refractivity (Wildman–Crippen MR) is 33.8 cm³/mol. The van der Waals surface area contributed by atoms with Crippen molar-refractivity contribution in [2.45, 2.75) is 25.9 Å². The molecule has 1 nitrogen and oxygen atoms in total. The SMILES string of the molecule is C/C=C/C1(CC)CO1. The minimum Gasteiger partial charge on any atom is -0.365 e. The van der Waals surface area contributed by atoms with E-state index < -0.39 is 0 Å². The molecular weight excluding hydrogens is 100 g/mol. The number of hydrogen-bond acceptors (Lipinski definition) is 1. The highest BCUT2D eigenvalue weighted by atomic mass is 16.6. The zero-order valence-corrected chi connectivity index (χ0v) is 5.48. The molecule has 0 aliphatic carbocycles. The van der Waals surface area contributed by atoms with Crippen molar-refractivity contribution in [2.75, 3.05) is 6.61 Å². The van der Waals surface area contributed by atoms with Crippen LogP contribution in [0.5, 0.6) is 0 Å². The van der Waals surface area contributed by atoms with Crippen LogP contribution in [0.4, 0.5) is 0 Å². The second-order valence-corrected chi connectivity index (χ2v) is 2.21. The molecule has 1 heterocycles. The molecule has 1 fully saturated rings. The van der Waals surface area contributed by atoms with E-state index in [9.17, 15) is 0 Å². The lowest BCUT2D eigenvalue weighted by Gasteiger charge is -1.97. The van der Waals surface area contributed by atoms with Crippen molar-refractivity contribution in [1.82, 2.24) is 0 Å². The number of epoxide rings is 1. The topological polar surface area (TPSA) is 12.5 Å². The summed E-state index contributed by atoms with van der Waals surface area (Å²) in [6.07, 6.45) is 5.29. The Hall–Kier alpha value is -0.300. The number of ether oxygens (including phenoxy) is 1. The Morgan fingerprint density at radius 2 is 2.38 bits per heavy atom. The molecule has 8 heavy (non-hydrogen) atoms. The molecule has 46 valence electrons. The van der Waals surface area contributed by atoms with Gasteiger partial charge < -0.3 is 4.74 Å². The molecule has 0 aromatic heterocycles. The van der Waals surface area contributed by atoms with Crippen molar-refractivity contribution in [2.24, 2.45) is 0 Å². The fourth-order valence-electron chi connectivity index (χ4n) is 0.815. The Kier molecular flexibility index (Phi) is 1.39. The van der Waals surface area contributed by atoms with Crippen LogP contribution in [0.25, 0.3) is 0 Å². The Labute approximate surface area is 50.3 Å². The molecule has 0 aromatic rings. The lowest BCUT2D eigenvalue weighted by atomic mass is 10.1. The third kappa shape index (κ3) is 0.920. The van der Waals surface area contributed by atoms with Crippen LogP contribution in [-0.4, -0.2) is 12.2 Å². The second-order valence-electron chi connectivity index (χ2n) is 2.21. The zero-order valence-electron chi connectivity index (χ0n) is 5.48. The van der Waals surface area contributed by atoms with Crippen LogP contribution in [-0.2, 0) is 4.74 Å². The summed E-state index contributed by atoms with van der Waals surface area (Å²) in [5.41, 5.74) is 0.161.